The molecular formula is C18H13FO6. The normalized spacial score (nSPS) is 10.5. The summed E-state index contributed by atoms with van der Waals surface area (Å²) in [5.74, 6) is -1.30. The van der Waals surface area contributed by atoms with E-state index >= 15 is 0 Å². The van der Waals surface area contributed by atoms with Crippen molar-refractivity contribution < 1.29 is 27.8 Å². The third kappa shape index (κ3) is 3.16. The molecule has 7 heteroatoms. The van der Waals surface area contributed by atoms with Crippen molar-refractivity contribution in [3.63, 3.8) is 0 Å². The van der Waals surface area contributed by atoms with Gasteiger partial charge in [-0.05, 0) is 24.3 Å². The van der Waals surface area contributed by atoms with Crippen LogP contribution < -0.4 is 19.8 Å². The molecule has 1 heterocycles. The van der Waals surface area contributed by atoms with Gasteiger partial charge in [0.2, 0.25) is 5.75 Å². The van der Waals surface area contributed by atoms with Crippen LogP contribution in [0.4, 0.5) is 4.39 Å². The van der Waals surface area contributed by atoms with Crippen LogP contribution in [0.15, 0.2) is 51.7 Å². The maximum Gasteiger partial charge on any atom is 0.379 e. The van der Waals surface area contributed by atoms with Crippen molar-refractivity contribution in [1.29, 1.82) is 0 Å². The molecule has 0 bridgehead atoms. The van der Waals surface area contributed by atoms with Gasteiger partial charge in [-0.3, -0.25) is 0 Å². The second-order valence-corrected chi connectivity index (χ2v) is 5.01. The highest BCUT2D eigenvalue weighted by atomic mass is 19.1. The summed E-state index contributed by atoms with van der Waals surface area (Å²) in [6.07, 6.45) is 0. The number of halogens is 1. The lowest BCUT2D eigenvalue weighted by molar-refractivity contribution is 0.0724. The van der Waals surface area contributed by atoms with Gasteiger partial charge in [0.05, 0.1) is 19.8 Å². The molecule has 25 heavy (non-hydrogen) atoms. The average molecular weight is 344 g/mol. The Morgan fingerprint density at radius 2 is 1.64 bits per heavy atom. The van der Waals surface area contributed by atoms with Gasteiger partial charge in [-0.1, -0.05) is 12.1 Å². The minimum Gasteiger partial charge on any atom is -0.493 e. The number of esters is 1. The summed E-state index contributed by atoms with van der Waals surface area (Å²) in [5, 5.41) is 0.452. The first kappa shape index (κ1) is 16.5. The van der Waals surface area contributed by atoms with Crippen LogP contribution in [0.5, 0.6) is 17.2 Å². The van der Waals surface area contributed by atoms with Crippen LogP contribution in [0.25, 0.3) is 11.0 Å². The van der Waals surface area contributed by atoms with Crippen molar-refractivity contribution in [3.05, 3.63) is 64.3 Å². The molecule has 0 atom stereocenters. The van der Waals surface area contributed by atoms with Crippen molar-refractivity contribution in [3.8, 4) is 17.2 Å². The Balaban J connectivity index is 2.02. The Morgan fingerprint density at radius 3 is 2.32 bits per heavy atom. The molecule has 0 saturated heterocycles. The highest BCUT2D eigenvalue weighted by Crippen LogP contribution is 2.32. The first-order valence-corrected chi connectivity index (χ1v) is 7.20. The van der Waals surface area contributed by atoms with Gasteiger partial charge in [-0.2, -0.15) is 0 Å². The predicted octanol–water partition coefficient (Wildman–Crippen LogP) is 3.17. The van der Waals surface area contributed by atoms with E-state index in [-0.39, 0.29) is 16.9 Å². The van der Waals surface area contributed by atoms with Gasteiger partial charge in [0.1, 0.15) is 11.4 Å². The van der Waals surface area contributed by atoms with E-state index < -0.39 is 17.4 Å². The lowest BCUT2D eigenvalue weighted by atomic mass is 10.2. The lowest BCUT2D eigenvalue weighted by Gasteiger charge is -2.09. The molecule has 6 nitrogen and oxygen atoms in total. The van der Waals surface area contributed by atoms with Crippen LogP contribution in [-0.2, 0) is 0 Å². The fraction of sp³-hybridized carbons (Fsp3) is 0.111. The molecule has 0 fully saturated rings. The fourth-order valence-electron chi connectivity index (χ4n) is 2.28. The summed E-state index contributed by atoms with van der Waals surface area (Å²) < 4.78 is 34.1. The van der Waals surface area contributed by atoms with Crippen molar-refractivity contribution >= 4 is 16.9 Å². The summed E-state index contributed by atoms with van der Waals surface area (Å²) in [6.45, 7) is 0. The maximum atomic E-state index is 13.6. The van der Waals surface area contributed by atoms with Crippen LogP contribution in [0.2, 0.25) is 0 Å². The Hall–Kier alpha value is -3.35. The average Bonchev–Trinajstić information content (AvgIpc) is 2.61. The molecule has 0 amide bonds. The molecule has 0 aliphatic rings. The minimum absolute atomic E-state index is 0.230. The number of ether oxygens (including phenoxy) is 3. The Morgan fingerprint density at radius 1 is 1.00 bits per heavy atom. The SMILES string of the molecule is COc1cc2cc(OC(=O)c3ccccc3F)c(=O)oc2cc1OC. The number of carbonyl (C=O) groups excluding carboxylic acids is 1. The van der Waals surface area contributed by atoms with Gasteiger partial charge in [0, 0.05) is 11.5 Å². The third-order valence-electron chi connectivity index (χ3n) is 3.50. The van der Waals surface area contributed by atoms with Crippen LogP contribution in [0, 0.1) is 5.82 Å². The molecule has 128 valence electrons. The molecule has 2 aromatic carbocycles. The molecule has 3 aromatic rings. The second kappa shape index (κ2) is 6.64. The van der Waals surface area contributed by atoms with E-state index in [1.165, 1.54) is 44.6 Å². The summed E-state index contributed by atoms with van der Waals surface area (Å²) in [4.78, 5) is 24.1. The highest BCUT2D eigenvalue weighted by molar-refractivity contribution is 5.92. The first-order chi connectivity index (χ1) is 12.0. The monoisotopic (exact) mass is 344 g/mol. The molecule has 1 aromatic heterocycles. The van der Waals surface area contributed by atoms with Crippen LogP contribution in [0.3, 0.4) is 0 Å². The summed E-state index contributed by atoms with van der Waals surface area (Å²) in [7, 11) is 2.91. The molecule has 0 N–H and O–H groups in total. The van der Waals surface area contributed by atoms with Crippen molar-refractivity contribution in [2.75, 3.05) is 14.2 Å². The van der Waals surface area contributed by atoms with Crippen LogP contribution in [-0.4, -0.2) is 20.2 Å². The molecule has 0 unspecified atom stereocenters. The van der Waals surface area contributed by atoms with Gasteiger partial charge < -0.3 is 18.6 Å². The topological polar surface area (TPSA) is 75.0 Å². The van der Waals surface area contributed by atoms with Crippen molar-refractivity contribution in [2.24, 2.45) is 0 Å². The van der Waals surface area contributed by atoms with Gasteiger partial charge in [0.15, 0.2) is 11.5 Å². The quantitative estimate of drug-likeness (QED) is 0.535. The van der Waals surface area contributed by atoms with E-state index in [0.717, 1.165) is 6.07 Å². The Kier molecular flexibility index (Phi) is 4.38. The lowest BCUT2D eigenvalue weighted by Crippen LogP contribution is -2.15. The van der Waals surface area contributed by atoms with Crippen molar-refractivity contribution in [1.82, 2.24) is 0 Å². The summed E-state index contributed by atoms with van der Waals surface area (Å²) >= 11 is 0. The largest absolute Gasteiger partial charge is 0.493 e. The number of benzene rings is 2. The standard InChI is InChI=1S/C18H13FO6/c1-22-14-7-10-8-16(18(21)24-13(10)9-15(14)23-2)25-17(20)11-5-3-4-6-12(11)19/h3-9H,1-2H3. The second-order valence-electron chi connectivity index (χ2n) is 5.01. The minimum atomic E-state index is -0.995. The van der Waals surface area contributed by atoms with Crippen LogP contribution >= 0.6 is 0 Å². The van der Waals surface area contributed by atoms with Crippen molar-refractivity contribution in [2.45, 2.75) is 0 Å². The summed E-state index contributed by atoms with van der Waals surface area (Å²) in [6, 6.07) is 9.68. The van der Waals surface area contributed by atoms with Crippen LogP contribution in [0.1, 0.15) is 10.4 Å². The van der Waals surface area contributed by atoms with Gasteiger partial charge in [-0.15, -0.1) is 0 Å². The Labute approximate surface area is 141 Å². The number of hydrogen-bond donors (Lipinski definition) is 0. The highest BCUT2D eigenvalue weighted by Gasteiger charge is 2.17. The number of carbonyl (C=O) groups is 1. The van der Waals surface area contributed by atoms with E-state index in [9.17, 15) is 14.0 Å². The van der Waals surface area contributed by atoms with Gasteiger partial charge in [-0.25, -0.2) is 14.0 Å². The maximum absolute atomic E-state index is 13.6. The molecule has 0 aliphatic heterocycles. The van der Waals surface area contributed by atoms with E-state index in [1.54, 1.807) is 6.07 Å². The van der Waals surface area contributed by atoms with E-state index in [1.807, 2.05) is 0 Å². The molecule has 0 saturated carbocycles. The fourth-order valence-corrected chi connectivity index (χ4v) is 2.28. The molecule has 3 rings (SSSR count). The first-order valence-electron chi connectivity index (χ1n) is 7.20. The number of rotatable bonds is 4. The van der Waals surface area contributed by atoms with E-state index in [0.29, 0.717) is 16.9 Å². The summed E-state index contributed by atoms with van der Waals surface area (Å²) in [5.41, 5.74) is -0.924. The zero-order valence-corrected chi connectivity index (χ0v) is 13.4. The molecular weight excluding hydrogens is 331 g/mol. The molecule has 0 spiro atoms. The molecule has 0 radical (unpaired) electrons. The molecule has 0 aliphatic carbocycles. The number of fused-ring (bicyclic) bond motifs is 1. The zero-order chi connectivity index (χ0) is 18.0. The van der Waals surface area contributed by atoms with Gasteiger partial charge in [0.25, 0.3) is 0 Å². The predicted molar refractivity (Wildman–Crippen MR) is 86.9 cm³/mol. The number of hydrogen-bond acceptors (Lipinski definition) is 6. The third-order valence-corrected chi connectivity index (χ3v) is 3.50. The Bertz CT molecular complexity index is 1010. The van der Waals surface area contributed by atoms with E-state index in [4.69, 9.17) is 18.6 Å². The zero-order valence-electron chi connectivity index (χ0n) is 13.4. The van der Waals surface area contributed by atoms with E-state index in [2.05, 4.69) is 0 Å². The van der Waals surface area contributed by atoms with Gasteiger partial charge >= 0.3 is 11.6 Å². The number of methoxy groups -OCH3 is 2. The smallest absolute Gasteiger partial charge is 0.379 e.